The van der Waals surface area contributed by atoms with E-state index in [4.69, 9.17) is 4.74 Å². The second kappa shape index (κ2) is 9.65. The number of halogens is 5. The normalized spacial score (nSPS) is 24.1. The summed E-state index contributed by atoms with van der Waals surface area (Å²) < 4.78 is 80.7. The minimum absolute atomic E-state index is 0.136. The Morgan fingerprint density at radius 1 is 0.941 bits per heavy atom. The Morgan fingerprint density at radius 2 is 1.68 bits per heavy atom. The third-order valence-electron chi connectivity index (χ3n) is 6.83. The van der Waals surface area contributed by atoms with Crippen LogP contribution in [0.2, 0.25) is 0 Å². The molecule has 1 nitrogen and oxygen atoms in total. The Bertz CT molecular complexity index is 1150. The Kier molecular flexibility index (Phi) is 6.99. The van der Waals surface area contributed by atoms with E-state index in [0.717, 1.165) is 6.42 Å². The first-order valence-corrected chi connectivity index (χ1v) is 11.8. The standard InChI is InChI=1S/C28H29F5O/c1-4-6-17-9-7-16(15-21(17)29)8-10-18-11-12-19-20-13-14-28(3,34-5-2)27(33)23(20)26(32)25(31)22(19)24(18)30/h7,9,11-13,15,25-26H,4-6,8,10,14H2,1-3H3. The molecule has 0 radical (unpaired) electrons. The van der Waals surface area contributed by atoms with Crippen LogP contribution in [0.15, 0.2) is 47.8 Å². The average molecular weight is 477 g/mol. The number of hydrogen-bond donors (Lipinski definition) is 0. The Hall–Kier alpha value is -2.47. The maximum Gasteiger partial charge on any atom is 0.164 e. The Morgan fingerprint density at radius 3 is 2.35 bits per heavy atom. The SMILES string of the molecule is CCCc1ccc(CCc2ccc3c(c2F)C(F)C(F)C2=C(F)C(C)(OCC)CC=C23)cc1F. The van der Waals surface area contributed by atoms with Crippen molar-refractivity contribution >= 4 is 5.57 Å². The lowest BCUT2D eigenvalue weighted by atomic mass is 9.74. The van der Waals surface area contributed by atoms with Crippen LogP contribution in [0.4, 0.5) is 22.0 Å². The van der Waals surface area contributed by atoms with Gasteiger partial charge in [-0.15, -0.1) is 0 Å². The molecule has 2 aliphatic rings. The molecule has 0 heterocycles. The van der Waals surface area contributed by atoms with Gasteiger partial charge in [0.05, 0.1) is 0 Å². The van der Waals surface area contributed by atoms with Crippen LogP contribution in [-0.4, -0.2) is 18.4 Å². The van der Waals surface area contributed by atoms with Crippen molar-refractivity contribution in [2.75, 3.05) is 6.61 Å². The van der Waals surface area contributed by atoms with Gasteiger partial charge in [-0.05, 0) is 67.0 Å². The number of benzene rings is 2. The van der Waals surface area contributed by atoms with Gasteiger partial charge in [0.15, 0.2) is 12.3 Å². The highest BCUT2D eigenvalue weighted by Crippen LogP contribution is 2.51. The zero-order chi connectivity index (χ0) is 24.6. The van der Waals surface area contributed by atoms with Crippen molar-refractivity contribution in [2.45, 2.75) is 70.8 Å². The summed E-state index contributed by atoms with van der Waals surface area (Å²) >= 11 is 0. The van der Waals surface area contributed by atoms with E-state index in [1.54, 1.807) is 19.1 Å². The lowest BCUT2D eigenvalue weighted by Crippen LogP contribution is -2.36. The molecule has 0 bridgehead atoms. The van der Waals surface area contributed by atoms with Gasteiger partial charge in [-0.3, -0.25) is 0 Å². The van der Waals surface area contributed by atoms with Crippen LogP contribution in [-0.2, 0) is 24.0 Å². The number of hydrogen-bond acceptors (Lipinski definition) is 1. The predicted molar refractivity (Wildman–Crippen MR) is 124 cm³/mol. The van der Waals surface area contributed by atoms with E-state index in [-0.39, 0.29) is 47.5 Å². The molecule has 3 unspecified atom stereocenters. The molecule has 6 heteroatoms. The second-order valence-corrected chi connectivity index (χ2v) is 9.19. The molecule has 0 amide bonds. The van der Waals surface area contributed by atoms with Crippen molar-refractivity contribution in [3.63, 3.8) is 0 Å². The van der Waals surface area contributed by atoms with Crippen LogP contribution >= 0.6 is 0 Å². The number of fused-ring (bicyclic) bond motifs is 3. The molecular weight excluding hydrogens is 447 g/mol. The number of allylic oxidation sites excluding steroid dienone is 2. The molecule has 0 aliphatic heterocycles. The van der Waals surface area contributed by atoms with Crippen LogP contribution in [0.3, 0.4) is 0 Å². The largest absolute Gasteiger partial charge is 0.368 e. The summed E-state index contributed by atoms with van der Waals surface area (Å²) in [4.78, 5) is 0. The van der Waals surface area contributed by atoms with Crippen molar-refractivity contribution in [2.24, 2.45) is 0 Å². The summed E-state index contributed by atoms with van der Waals surface area (Å²) in [6, 6.07) is 8.03. The zero-order valence-corrected chi connectivity index (χ0v) is 19.7. The van der Waals surface area contributed by atoms with Gasteiger partial charge in [0.25, 0.3) is 0 Å². The third kappa shape index (κ3) is 4.21. The van der Waals surface area contributed by atoms with E-state index in [1.807, 2.05) is 13.0 Å². The quantitative estimate of drug-likeness (QED) is 0.370. The van der Waals surface area contributed by atoms with E-state index in [2.05, 4.69) is 0 Å². The number of ether oxygens (including phenoxy) is 1. The van der Waals surface area contributed by atoms with Crippen molar-refractivity contribution in [3.05, 3.63) is 87.3 Å². The van der Waals surface area contributed by atoms with Gasteiger partial charge in [-0.2, -0.15) is 0 Å². The minimum atomic E-state index is -2.33. The maximum absolute atomic E-state index is 15.4. The van der Waals surface area contributed by atoms with Crippen LogP contribution in [0.25, 0.3) is 5.57 Å². The fraction of sp³-hybridized carbons (Fsp3) is 0.429. The van der Waals surface area contributed by atoms with Gasteiger partial charge in [-0.1, -0.05) is 43.7 Å². The molecule has 0 aromatic heterocycles. The van der Waals surface area contributed by atoms with Gasteiger partial charge in [0.2, 0.25) is 0 Å². The summed E-state index contributed by atoms with van der Waals surface area (Å²) in [6.07, 6.45) is -0.893. The highest BCUT2D eigenvalue weighted by atomic mass is 19.2. The van der Waals surface area contributed by atoms with E-state index >= 15 is 17.6 Å². The van der Waals surface area contributed by atoms with E-state index in [1.165, 1.54) is 25.1 Å². The first-order chi connectivity index (χ1) is 16.2. The van der Waals surface area contributed by atoms with E-state index in [0.29, 0.717) is 24.0 Å². The van der Waals surface area contributed by atoms with Crippen molar-refractivity contribution < 1.29 is 26.7 Å². The Labute approximate surface area is 197 Å². The highest BCUT2D eigenvalue weighted by Gasteiger charge is 2.46. The molecule has 3 atom stereocenters. The topological polar surface area (TPSA) is 9.23 Å². The molecule has 0 fully saturated rings. The number of aryl methyl sites for hydroxylation is 3. The third-order valence-corrected chi connectivity index (χ3v) is 6.83. The second-order valence-electron chi connectivity index (χ2n) is 9.19. The monoisotopic (exact) mass is 476 g/mol. The summed E-state index contributed by atoms with van der Waals surface area (Å²) in [6.45, 7) is 5.40. The van der Waals surface area contributed by atoms with Crippen LogP contribution in [0.1, 0.15) is 67.6 Å². The lowest BCUT2D eigenvalue weighted by Gasteiger charge is -2.38. The van der Waals surface area contributed by atoms with Gasteiger partial charge in [-0.25, -0.2) is 22.0 Å². The molecule has 0 saturated heterocycles. The summed E-state index contributed by atoms with van der Waals surface area (Å²) in [5.74, 6) is -1.96. The molecule has 0 saturated carbocycles. The van der Waals surface area contributed by atoms with Gasteiger partial charge >= 0.3 is 0 Å². The van der Waals surface area contributed by atoms with Crippen molar-refractivity contribution in [3.8, 4) is 0 Å². The molecule has 2 aliphatic carbocycles. The molecule has 0 N–H and O–H groups in total. The molecular formula is C28H29F5O. The maximum atomic E-state index is 15.4. The smallest absolute Gasteiger partial charge is 0.164 e. The Balaban J connectivity index is 1.64. The van der Waals surface area contributed by atoms with Crippen molar-refractivity contribution in [1.82, 2.24) is 0 Å². The summed E-state index contributed by atoms with van der Waals surface area (Å²) in [7, 11) is 0. The van der Waals surface area contributed by atoms with Gasteiger partial charge < -0.3 is 4.74 Å². The summed E-state index contributed by atoms with van der Waals surface area (Å²) in [5, 5.41) is 0. The fourth-order valence-corrected chi connectivity index (χ4v) is 4.99. The lowest BCUT2D eigenvalue weighted by molar-refractivity contribution is -0.0126. The average Bonchev–Trinajstić information content (AvgIpc) is 2.80. The molecule has 0 spiro atoms. The molecule has 182 valence electrons. The van der Waals surface area contributed by atoms with Crippen LogP contribution in [0, 0.1) is 11.6 Å². The minimum Gasteiger partial charge on any atom is -0.368 e. The highest BCUT2D eigenvalue weighted by molar-refractivity contribution is 5.86. The number of alkyl halides is 2. The van der Waals surface area contributed by atoms with Crippen LogP contribution in [0.5, 0.6) is 0 Å². The van der Waals surface area contributed by atoms with Gasteiger partial charge in [0.1, 0.15) is 23.1 Å². The summed E-state index contributed by atoms with van der Waals surface area (Å²) in [5.41, 5.74) is -0.226. The molecule has 2 aromatic carbocycles. The number of rotatable bonds is 7. The fourth-order valence-electron chi connectivity index (χ4n) is 4.99. The van der Waals surface area contributed by atoms with Crippen LogP contribution < -0.4 is 0 Å². The first-order valence-electron chi connectivity index (χ1n) is 11.8. The predicted octanol–water partition coefficient (Wildman–Crippen LogP) is 7.87. The zero-order valence-electron chi connectivity index (χ0n) is 19.7. The van der Waals surface area contributed by atoms with E-state index in [9.17, 15) is 4.39 Å². The van der Waals surface area contributed by atoms with Gasteiger partial charge in [0, 0.05) is 24.2 Å². The van der Waals surface area contributed by atoms with Crippen molar-refractivity contribution in [1.29, 1.82) is 0 Å². The molecule has 2 aromatic rings. The molecule has 4 rings (SSSR count). The first kappa shape index (κ1) is 24.6. The van der Waals surface area contributed by atoms with E-state index < -0.39 is 35.2 Å². The molecule has 34 heavy (non-hydrogen) atoms.